The van der Waals surface area contributed by atoms with Gasteiger partial charge in [-0.15, -0.1) is 0 Å². The van der Waals surface area contributed by atoms with Crippen molar-refractivity contribution in [1.82, 2.24) is 4.90 Å². The molecule has 1 aliphatic heterocycles. The number of amides is 1. The molecule has 0 aromatic heterocycles. The van der Waals surface area contributed by atoms with Crippen LogP contribution in [-0.2, 0) is 4.79 Å². The Kier molecular flexibility index (Phi) is 3.42. The first-order valence-corrected chi connectivity index (χ1v) is 6.05. The average molecular weight is 223 g/mol. The molecule has 2 aliphatic rings. The number of nitrogens with zero attached hydrogens (tertiary/aromatic N) is 1. The van der Waals surface area contributed by atoms with Crippen LogP contribution in [0.1, 0.15) is 39.0 Å². The highest BCUT2D eigenvalue weighted by Gasteiger charge is 2.25. The Hall–Kier alpha value is -1.12. The zero-order chi connectivity index (χ0) is 11.5. The van der Waals surface area contributed by atoms with Gasteiger partial charge in [-0.2, -0.15) is 0 Å². The minimum absolute atomic E-state index is 0.106. The number of likely N-dealkylation sites (tertiary alicyclic amines) is 1. The van der Waals surface area contributed by atoms with Gasteiger partial charge in [-0.25, -0.2) is 4.39 Å². The average Bonchev–Trinajstić information content (AvgIpc) is 2.30. The summed E-state index contributed by atoms with van der Waals surface area (Å²) in [6, 6.07) is 0. The molecule has 0 aromatic rings. The number of hydrogen-bond donors (Lipinski definition) is 0. The molecule has 16 heavy (non-hydrogen) atoms. The Labute approximate surface area is 95.8 Å². The first-order valence-electron chi connectivity index (χ1n) is 6.05. The second-order valence-electron chi connectivity index (χ2n) is 4.56. The van der Waals surface area contributed by atoms with Crippen LogP contribution in [0, 0.1) is 0 Å². The molecule has 0 N–H and O–H groups in total. The van der Waals surface area contributed by atoms with E-state index in [1.54, 1.807) is 4.90 Å². The van der Waals surface area contributed by atoms with Crippen molar-refractivity contribution >= 4 is 5.91 Å². The zero-order valence-electron chi connectivity index (χ0n) is 9.76. The van der Waals surface area contributed by atoms with E-state index >= 15 is 0 Å². The minimum Gasteiger partial charge on any atom is -0.339 e. The molecule has 1 heterocycles. The number of carbonyl (C=O) groups is 1. The molecular formula is C13H18FNO. The predicted molar refractivity (Wildman–Crippen MR) is 61.6 cm³/mol. The number of rotatable bonds is 1. The van der Waals surface area contributed by atoms with Gasteiger partial charge in [0.15, 0.2) is 0 Å². The number of halogens is 1. The first-order chi connectivity index (χ1) is 7.70. The number of allylic oxidation sites excluding steroid dienone is 2. The lowest BCUT2D eigenvalue weighted by Crippen LogP contribution is -2.37. The first kappa shape index (κ1) is 11.4. The summed E-state index contributed by atoms with van der Waals surface area (Å²) in [5.41, 5.74) is 1.13. The fraction of sp³-hybridized carbons (Fsp3) is 0.615. The molecule has 2 rings (SSSR count). The molecule has 1 fully saturated rings. The van der Waals surface area contributed by atoms with E-state index in [1.807, 2.05) is 13.0 Å². The molecule has 1 saturated heterocycles. The van der Waals surface area contributed by atoms with E-state index in [2.05, 4.69) is 0 Å². The molecule has 0 aromatic carbocycles. The van der Waals surface area contributed by atoms with Gasteiger partial charge in [0.1, 0.15) is 5.83 Å². The van der Waals surface area contributed by atoms with Crippen molar-refractivity contribution < 1.29 is 9.18 Å². The Bertz CT molecular complexity index is 351. The molecule has 0 unspecified atom stereocenters. The number of piperidine rings is 1. The van der Waals surface area contributed by atoms with Crippen LogP contribution < -0.4 is 0 Å². The van der Waals surface area contributed by atoms with Crippen molar-refractivity contribution in [2.45, 2.75) is 39.0 Å². The quantitative estimate of drug-likeness (QED) is 0.669. The summed E-state index contributed by atoms with van der Waals surface area (Å²) in [5, 5.41) is 0. The molecule has 2 nitrogen and oxygen atoms in total. The van der Waals surface area contributed by atoms with Crippen molar-refractivity contribution in [3.63, 3.8) is 0 Å². The number of carbonyl (C=O) groups excluding carboxylic acids is 1. The lowest BCUT2D eigenvalue weighted by atomic mass is 9.96. The van der Waals surface area contributed by atoms with Gasteiger partial charge in [0.2, 0.25) is 0 Å². The standard InChI is InChI=1S/C13H18FNO/c1-10-6-5-7-11(14)12(10)13(16)15-8-3-2-4-9-15/h6H,2-5,7-9H2,1H3. The largest absolute Gasteiger partial charge is 0.339 e. The van der Waals surface area contributed by atoms with Crippen LogP contribution in [0.25, 0.3) is 0 Å². The van der Waals surface area contributed by atoms with E-state index < -0.39 is 0 Å². The smallest absolute Gasteiger partial charge is 0.256 e. The van der Waals surface area contributed by atoms with Crippen molar-refractivity contribution in [3.05, 3.63) is 23.0 Å². The molecular weight excluding hydrogens is 205 g/mol. The lowest BCUT2D eigenvalue weighted by molar-refractivity contribution is -0.127. The summed E-state index contributed by atoms with van der Waals surface area (Å²) >= 11 is 0. The summed E-state index contributed by atoms with van der Waals surface area (Å²) in [5.74, 6) is -0.332. The van der Waals surface area contributed by atoms with E-state index in [1.165, 1.54) is 6.42 Å². The van der Waals surface area contributed by atoms with E-state index in [4.69, 9.17) is 0 Å². The van der Waals surface area contributed by atoms with Gasteiger partial charge >= 0.3 is 0 Å². The van der Waals surface area contributed by atoms with Gasteiger partial charge in [-0.05, 0) is 38.2 Å². The molecule has 1 amide bonds. The summed E-state index contributed by atoms with van der Waals surface area (Å²) in [4.78, 5) is 14.0. The van der Waals surface area contributed by atoms with Crippen molar-refractivity contribution in [2.24, 2.45) is 0 Å². The van der Waals surface area contributed by atoms with Crippen molar-refractivity contribution in [2.75, 3.05) is 13.1 Å². The van der Waals surface area contributed by atoms with E-state index in [0.717, 1.165) is 31.5 Å². The van der Waals surface area contributed by atoms with Crippen LogP contribution in [-0.4, -0.2) is 23.9 Å². The Morgan fingerprint density at radius 2 is 2.00 bits per heavy atom. The van der Waals surface area contributed by atoms with Crippen LogP contribution in [0.5, 0.6) is 0 Å². The Morgan fingerprint density at radius 3 is 2.62 bits per heavy atom. The van der Waals surface area contributed by atoms with Crippen LogP contribution in [0.3, 0.4) is 0 Å². The third-order valence-electron chi connectivity index (χ3n) is 3.34. The normalized spacial score (nSPS) is 22.1. The zero-order valence-corrected chi connectivity index (χ0v) is 9.76. The molecule has 3 heteroatoms. The fourth-order valence-electron chi connectivity index (χ4n) is 2.40. The maximum atomic E-state index is 13.7. The second kappa shape index (κ2) is 4.81. The summed E-state index contributed by atoms with van der Waals surface area (Å²) in [7, 11) is 0. The molecule has 0 saturated carbocycles. The van der Waals surface area contributed by atoms with Crippen molar-refractivity contribution in [1.29, 1.82) is 0 Å². The fourth-order valence-corrected chi connectivity index (χ4v) is 2.40. The topological polar surface area (TPSA) is 20.3 Å². The van der Waals surface area contributed by atoms with Crippen molar-refractivity contribution in [3.8, 4) is 0 Å². The molecule has 0 atom stereocenters. The molecule has 0 spiro atoms. The third-order valence-corrected chi connectivity index (χ3v) is 3.34. The summed E-state index contributed by atoms with van der Waals surface area (Å²) in [6.07, 6.45) is 6.33. The van der Waals surface area contributed by atoms with Crippen LogP contribution in [0.4, 0.5) is 4.39 Å². The summed E-state index contributed by atoms with van der Waals surface area (Å²) < 4.78 is 13.7. The third kappa shape index (κ3) is 2.18. The van der Waals surface area contributed by atoms with Gasteiger partial charge in [-0.1, -0.05) is 6.08 Å². The summed E-state index contributed by atoms with van der Waals surface area (Å²) in [6.45, 7) is 3.39. The molecule has 0 radical (unpaired) electrons. The predicted octanol–water partition coefficient (Wildman–Crippen LogP) is 2.96. The SMILES string of the molecule is CC1=CCCC(F)=C1C(=O)N1CCCCC1. The van der Waals surface area contributed by atoms with E-state index in [0.29, 0.717) is 18.4 Å². The highest BCUT2D eigenvalue weighted by molar-refractivity contribution is 5.98. The monoisotopic (exact) mass is 223 g/mol. The van der Waals surface area contributed by atoms with Gasteiger partial charge in [0, 0.05) is 19.5 Å². The van der Waals surface area contributed by atoms with Gasteiger partial charge in [0.25, 0.3) is 5.91 Å². The Morgan fingerprint density at radius 1 is 1.31 bits per heavy atom. The minimum atomic E-state index is -0.226. The van der Waals surface area contributed by atoms with E-state index in [-0.39, 0.29) is 11.7 Å². The second-order valence-corrected chi connectivity index (χ2v) is 4.56. The molecule has 88 valence electrons. The maximum Gasteiger partial charge on any atom is 0.256 e. The van der Waals surface area contributed by atoms with Gasteiger partial charge < -0.3 is 4.90 Å². The van der Waals surface area contributed by atoms with Gasteiger partial charge in [-0.3, -0.25) is 4.79 Å². The highest BCUT2D eigenvalue weighted by Crippen LogP contribution is 2.28. The van der Waals surface area contributed by atoms with E-state index in [9.17, 15) is 9.18 Å². The Balaban J connectivity index is 2.16. The highest BCUT2D eigenvalue weighted by atomic mass is 19.1. The molecule has 0 bridgehead atoms. The molecule has 1 aliphatic carbocycles. The number of hydrogen-bond acceptors (Lipinski definition) is 1. The maximum absolute atomic E-state index is 13.7. The van der Waals surface area contributed by atoms with Crippen LogP contribution in [0.15, 0.2) is 23.0 Å². The van der Waals surface area contributed by atoms with Gasteiger partial charge in [0.05, 0.1) is 5.57 Å². The van der Waals surface area contributed by atoms with Crippen LogP contribution in [0.2, 0.25) is 0 Å². The lowest BCUT2D eigenvalue weighted by Gasteiger charge is -2.28. The van der Waals surface area contributed by atoms with Crippen LogP contribution >= 0.6 is 0 Å².